The second-order valence-electron chi connectivity index (χ2n) is 6.47. The lowest BCUT2D eigenvalue weighted by Gasteiger charge is -2.13. The first-order valence-electron chi connectivity index (χ1n) is 9.09. The minimum absolute atomic E-state index is 0.00746. The second-order valence-corrected chi connectivity index (χ2v) is 7.37. The van der Waals surface area contributed by atoms with E-state index in [-0.39, 0.29) is 36.6 Å². The first-order valence-corrected chi connectivity index (χ1v) is 9.97. The van der Waals surface area contributed by atoms with E-state index in [1.54, 1.807) is 60.1 Å². The van der Waals surface area contributed by atoms with Crippen molar-refractivity contribution in [1.82, 2.24) is 9.88 Å². The van der Waals surface area contributed by atoms with Crippen molar-refractivity contribution in [2.75, 3.05) is 17.2 Å². The predicted molar refractivity (Wildman–Crippen MR) is 112 cm³/mol. The topological polar surface area (TPSA) is 108 Å². The summed E-state index contributed by atoms with van der Waals surface area (Å²) in [4.78, 5) is 54.1. The lowest BCUT2D eigenvalue weighted by atomic mass is 10.1. The van der Waals surface area contributed by atoms with Crippen molar-refractivity contribution in [2.24, 2.45) is 0 Å². The fourth-order valence-electron chi connectivity index (χ4n) is 3.04. The lowest BCUT2D eigenvalue weighted by molar-refractivity contribution is -0.116. The maximum Gasteiger partial charge on any atom is 0.261 e. The van der Waals surface area contributed by atoms with Crippen LogP contribution in [-0.2, 0) is 4.79 Å². The molecule has 2 heterocycles. The van der Waals surface area contributed by atoms with Crippen LogP contribution >= 0.6 is 11.3 Å². The third kappa shape index (κ3) is 3.96. The van der Waals surface area contributed by atoms with Crippen LogP contribution in [0.25, 0.3) is 0 Å². The Kier molecular flexibility index (Phi) is 5.36. The molecule has 0 radical (unpaired) electrons. The highest BCUT2D eigenvalue weighted by atomic mass is 32.1. The van der Waals surface area contributed by atoms with Crippen molar-refractivity contribution in [3.8, 4) is 0 Å². The van der Waals surface area contributed by atoms with Crippen molar-refractivity contribution in [3.63, 3.8) is 0 Å². The van der Waals surface area contributed by atoms with Gasteiger partial charge in [0.25, 0.3) is 17.7 Å². The van der Waals surface area contributed by atoms with Crippen LogP contribution in [0.3, 0.4) is 0 Å². The summed E-state index contributed by atoms with van der Waals surface area (Å²) in [6.45, 7) is -0.00746. The Morgan fingerprint density at radius 2 is 1.60 bits per heavy atom. The summed E-state index contributed by atoms with van der Waals surface area (Å²) >= 11 is 1.32. The van der Waals surface area contributed by atoms with E-state index in [4.69, 9.17) is 0 Å². The number of nitrogens with zero attached hydrogens (tertiary/aromatic N) is 2. The highest BCUT2D eigenvalue weighted by Crippen LogP contribution is 2.22. The number of hydrogen-bond acceptors (Lipinski definition) is 6. The molecule has 30 heavy (non-hydrogen) atoms. The van der Waals surface area contributed by atoms with Gasteiger partial charge in [0.15, 0.2) is 5.13 Å². The smallest absolute Gasteiger partial charge is 0.261 e. The second kappa shape index (κ2) is 8.26. The summed E-state index contributed by atoms with van der Waals surface area (Å²) in [6, 6.07) is 13.0. The SMILES string of the molecule is O=C(CCN1C(=O)c2ccccc2C1=O)Nc1ccc(C(=O)Nc2nccs2)cc1. The molecule has 1 aromatic heterocycles. The zero-order valence-electron chi connectivity index (χ0n) is 15.6. The maximum atomic E-state index is 12.3. The summed E-state index contributed by atoms with van der Waals surface area (Å²) in [5, 5.41) is 7.64. The van der Waals surface area contributed by atoms with Crippen molar-refractivity contribution in [1.29, 1.82) is 0 Å². The van der Waals surface area contributed by atoms with Gasteiger partial charge in [0.2, 0.25) is 5.91 Å². The normalized spacial score (nSPS) is 12.6. The average Bonchev–Trinajstić information content (AvgIpc) is 3.34. The van der Waals surface area contributed by atoms with E-state index in [0.717, 1.165) is 4.90 Å². The highest BCUT2D eigenvalue weighted by molar-refractivity contribution is 7.13. The van der Waals surface area contributed by atoms with E-state index in [9.17, 15) is 19.2 Å². The van der Waals surface area contributed by atoms with Gasteiger partial charge < -0.3 is 5.32 Å². The first kappa shape index (κ1) is 19.5. The van der Waals surface area contributed by atoms with Crippen molar-refractivity contribution in [2.45, 2.75) is 6.42 Å². The number of aromatic nitrogens is 1. The lowest BCUT2D eigenvalue weighted by Crippen LogP contribution is -2.32. The molecule has 1 aliphatic rings. The standard InChI is InChI=1S/C21H16N4O4S/c26-17(9-11-25-19(28)15-3-1-2-4-16(15)20(25)29)23-14-7-5-13(6-8-14)18(27)24-21-22-10-12-30-21/h1-8,10,12H,9,11H2,(H,23,26)(H,22,24,27). The molecule has 0 spiro atoms. The third-order valence-electron chi connectivity index (χ3n) is 4.52. The monoisotopic (exact) mass is 420 g/mol. The number of amides is 4. The number of rotatable bonds is 6. The van der Waals surface area contributed by atoms with Crippen LogP contribution in [0.4, 0.5) is 10.8 Å². The molecule has 1 aliphatic heterocycles. The Bertz CT molecular complexity index is 1090. The Labute approximate surface area is 175 Å². The van der Waals surface area contributed by atoms with Gasteiger partial charge in [-0.1, -0.05) is 12.1 Å². The molecule has 3 aromatic rings. The molecule has 0 saturated heterocycles. The Morgan fingerprint density at radius 3 is 2.20 bits per heavy atom. The molecule has 0 aliphatic carbocycles. The number of fused-ring (bicyclic) bond motifs is 1. The van der Waals surface area contributed by atoms with Gasteiger partial charge in [-0.25, -0.2) is 4.98 Å². The Morgan fingerprint density at radius 1 is 0.933 bits per heavy atom. The van der Waals surface area contributed by atoms with Gasteiger partial charge in [0.05, 0.1) is 11.1 Å². The number of imide groups is 1. The van der Waals surface area contributed by atoms with Gasteiger partial charge in [-0.3, -0.25) is 29.4 Å². The third-order valence-corrected chi connectivity index (χ3v) is 5.21. The van der Waals surface area contributed by atoms with Gasteiger partial charge in [-0.2, -0.15) is 0 Å². The summed E-state index contributed by atoms with van der Waals surface area (Å²) in [5.41, 5.74) is 1.64. The van der Waals surface area contributed by atoms with Gasteiger partial charge in [-0.15, -0.1) is 11.3 Å². The van der Waals surface area contributed by atoms with E-state index in [1.165, 1.54) is 11.3 Å². The number of anilines is 2. The number of carbonyl (C=O) groups is 4. The highest BCUT2D eigenvalue weighted by Gasteiger charge is 2.34. The number of thiazole rings is 1. The van der Waals surface area contributed by atoms with Crippen LogP contribution in [0.5, 0.6) is 0 Å². The van der Waals surface area contributed by atoms with Crippen LogP contribution < -0.4 is 10.6 Å². The van der Waals surface area contributed by atoms with Gasteiger partial charge in [0, 0.05) is 35.8 Å². The molecule has 4 amide bonds. The number of benzene rings is 2. The molecule has 0 atom stereocenters. The van der Waals surface area contributed by atoms with Crippen LogP contribution in [0.2, 0.25) is 0 Å². The summed E-state index contributed by atoms with van der Waals surface area (Å²) < 4.78 is 0. The van der Waals surface area contributed by atoms with Gasteiger partial charge >= 0.3 is 0 Å². The zero-order chi connectivity index (χ0) is 21.1. The van der Waals surface area contributed by atoms with Crippen molar-refractivity contribution < 1.29 is 19.2 Å². The molecule has 2 aromatic carbocycles. The summed E-state index contributed by atoms with van der Waals surface area (Å²) in [6.07, 6.45) is 1.57. The van der Waals surface area contributed by atoms with E-state index < -0.39 is 0 Å². The minimum Gasteiger partial charge on any atom is -0.326 e. The van der Waals surface area contributed by atoms with Crippen LogP contribution in [0.15, 0.2) is 60.1 Å². The fourth-order valence-corrected chi connectivity index (χ4v) is 3.56. The van der Waals surface area contributed by atoms with Gasteiger partial charge in [-0.05, 0) is 36.4 Å². The van der Waals surface area contributed by atoms with Crippen LogP contribution in [0.1, 0.15) is 37.5 Å². The van der Waals surface area contributed by atoms with Crippen molar-refractivity contribution >= 4 is 45.8 Å². The Balaban J connectivity index is 1.31. The molecular weight excluding hydrogens is 404 g/mol. The predicted octanol–water partition coefficient (Wildman–Crippen LogP) is 3.02. The maximum absolute atomic E-state index is 12.3. The molecule has 9 heteroatoms. The number of carbonyl (C=O) groups excluding carboxylic acids is 4. The summed E-state index contributed by atoms with van der Waals surface area (Å²) in [7, 11) is 0. The quantitative estimate of drug-likeness (QED) is 0.596. The molecule has 0 unspecified atom stereocenters. The molecule has 0 bridgehead atoms. The molecule has 2 N–H and O–H groups in total. The number of nitrogens with one attached hydrogen (secondary N) is 2. The van der Waals surface area contributed by atoms with E-state index in [2.05, 4.69) is 15.6 Å². The molecule has 8 nitrogen and oxygen atoms in total. The van der Waals surface area contributed by atoms with Crippen LogP contribution in [0, 0.1) is 0 Å². The minimum atomic E-state index is -0.390. The van der Waals surface area contributed by atoms with E-state index in [1.807, 2.05) is 0 Å². The molecular formula is C21H16N4O4S. The van der Waals surface area contributed by atoms with E-state index >= 15 is 0 Å². The first-order chi connectivity index (χ1) is 14.5. The largest absolute Gasteiger partial charge is 0.326 e. The molecule has 0 fully saturated rings. The van der Waals surface area contributed by atoms with Gasteiger partial charge in [0.1, 0.15) is 0 Å². The average molecular weight is 420 g/mol. The Hall–Kier alpha value is -3.85. The number of hydrogen-bond donors (Lipinski definition) is 2. The van der Waals surface area contributed by atoms with Crippen LogP contribution in [-0.4, -0.2) is 40.1 Å². The zero-order valence-corrected chi connectivity index (χ0v) is 16.4. The molecule has 4 rings (SSSR count). The molecule has 0 saturated carbocycles. The fraction of sp³-hybridized carbons (Fsp3) is 0.0952. The molecule has 150 valence electrons. The van der Waals surface area contributed by atoms with Crippen molar-refractivity contribution in [3.05, 3.63) is 76.8 Å². The van der Waals surface area contributed by atoms with E-state index in [0.29, 0.717) is 27.5 Å². The summed E-state index contributed by atoms with van der Waals surface area (Å²) in [5.74, 6) is -1.42.